The molecule has 1 atom stereocenters. The maximum Gasteiger partial charge on any atom is 0.158 e. The van der Waals surface area contributed by atoms with Gasteiger partial charge < -0.3 is 4.90 Å². The van der Waals surface area contributed by atoms with Crippen molar-refractivity contribution in [1.29, 1.82) is 0 Å². The fourth-order valence-electron chi connectivity index (χ4n) is 3.72. The highest BCUT2D eigenvalue weighted by Crippen LogP contribution is 2.48. The lowest BCUT2D eigenvalue weighted by Gasteiger charge is -2.25. The van der Waals surface area contributed by atoms with Crippen LogP contribution in [0.1, 0.15) is 32.6 Å². The third-order valence-electron chi connectivity index (χ3n) is 4.88. The molecule has 1 fully saturated rings. The van der Waals surface area contributed by atoms with E-state index >= 15 is 0 Å². The number of benzene rings is 2. The van der Waals surface area contributed by atoms with E-state index in [4.69, 9.17) is 0 Å². The predicted octanol–water partition coefficient (Wildman–Crippen LogP) is 5.17. The molecule has 1 unspecified atom stereocenters. The Labute approximate surface area is 141 Å². The largest absolute Gasteiger partial charge is 0.358 e. The van der Waals surface area contributed by atoms with Gasteiger partial charge in [-0.15, -0.1) is 0 Å². The van der Waals surface area contributed by atoms with Crippen LogP contribution >= 0.6 is 11.8 Å². The van der Waals surface area contributed by atoms with Gasteiger partial charge in [0, 0.05) is 23.2 Å². The first kappa shape index (κ1) is 14.8. The number of carbonyl (C=O) groups excluding carboxylic acids is 1. The number of hydrogen-bond donors (Lipinski definition) is 0. The van der Waals surface area contributed by atoms with E-state index in [1.807, 2.05) is 11.8 Å². The summed E-state index contributed by atoms with van der Waals surface area (Å²) in [6.07, 6.45) is 5.89. The van der Waals surface area contributed by atoms with Gasteiger partial charge in [0.25, 0.3) is 0 Å². The molecule has 2 aromatic rings. The molecule has 0 bridgehead atoms. The maximum atomic E-state index is 11.8. The number of anilines is 1. The van der Waals surface area contributed by atoms with E-state index in [1.165, 1.54) is 21.4 Å². The van der Waals surface area contributed by atoms with Crippen LogP contribution in [0.4, 0.5) is 5.69 Å². The molecule has 2 nitrogen and oxygen atoms in total. The van der Waals surface area contributed by atoms with Crippen molar-refractivity contribution in [1.82, 2.24) is 0 Å². The van der Waals surface area contributed by atoms with E-state index < -0.39 is 0 Å². The lowest BCUT2D eigenvalue weighted by Crippen LogP contribution is -2.28. The molecule has 2 aromatic carbocycles. The Morgan fingerprint density at radius 2 is 2.09 bits per heavy atom. The second-order valence-electron chi connectivity index (χ2n) is 6.23. The summed E-state index contributed by atoms with van der Waals surface area (Å²) in [5, 5.41) is 3.04. The third kappa shape index (κ3) is 2.57. The van der Waals surface area contributed by atoms with Crippen LogP contribution in [-0.2, 0) is 4.79 Å². The number of allylic oxidation sites excluding steroid dienone is 1. The summed E-state index contributed by atoms with van der Waals surface area (Å²) in [7, 11) is 0. The number of carbonyl (C=O) groups is 1. The van der Waals surface area contributed by atoms with Crippen LogP contribution in [0.5, 0.6) is 0 Å². The number of fused-ring (bicyclic) bond motifs is 3. The first-order valence-electron chi connectivity index (χ1n) is 8.45. The monoisotopic (exact) mass is 323 g/mol. The fraction of sp³-hybridized carbons (Fsp3) is 0.350. The van der Waals surface area contributed by atoms with Crippen LogP contribution in [0.2, 0.25) is 0 Å². The minimum atomic E-state index is 0.360. The molecule has 3 heteroatoms. The number of thioether (sulfide) groups is 1. The molecule has 0 amide bonds. The summed E-state index contributed by atoms with van der Waals surface area (Å²) < 4.78 is 0. The molecular weight excluding hydrogens is 302 g/mol. The summed E-state index contributed by atoms with van der Waals surface area (Å²) in [4.78, 5) is 15.7. The predicted molar refractivity (Wildman–Crippen MR) is 98.2 cm³/mol. The van der Waals surface area contributed by atoms with E-state index in [9.17, 15) is 4.79 Å². The van der Waals surface area contributed by atoms with Crippen molar-refractivity contribution >= 4 is 34.0 Å². The molecule has 118 valence electrons. The van der Waals surface area contributed by atoms with Crippen LogP contribution in [0.25, 0.3) is 10.8 Å². The lowest BCUT2D eigenvalue weighted by atomic mass is 10.1. The molecule has 1 aliphatic heterocycles. The van der Waals surface area contributed by atoms with Crippen molar-refractivity contribution in [2.24, 2.45) is 0 Å². The van der Waals surface area contributed by atoms with Crippen LogP contribution in [0.15, 0.2) is 52.9 Å². The first-order valence-corrected chi connectivity index (χ1v) is 9.33. The fourth-order valence-corrected chi connectivity index (χ4v) is 5.07. The molecule has 0 N–H and O–H groups in total. The van der Waals surface area contributed by atoms with Gasteiger partial charge in [-0.25, -0.2) is 0 Å². The van der Waals surface area contributed by atoms with Crippen LogP contribution < -0.4 is 4.90 Å². The second-order valence-corrected chi connectivity index (χ2v) is 7.45. The Hall–Kier alpha value is -1.74. The summed E-state index contributed by atoms with van der Waals surface area (Å²) in [5.41, 5.74) is 2.43. The highest BCUT2D eigenvalue weighted by molar-refractivity contribution is 8.00. The van der Waals surface area contributed by atoms with Crippen molar-refractivity contribution in [3.8, 4) is 0 Å². The number of ketones is 1. The van der Waals surface area contributed by atoms with Crippen LogP contribution in [-0.4, -0.2) is 17.7 Å². The van der Waals surface area contributed by atoms with E-state index in [1.54, 1.807) is 0 Å². The SMILES string of the molecule is CCN1c2c(ccc3ccccc23)SC1CC=C1CCCC1=O. The summed E-state index contributed by atoms with van der Waals surface area (Å²) in [6.45, 7) is 3.22. The van der Waals surface area contributed by atoms with Gasteiger partial charge >= 0.3 is 0 Å². The molecule has 0 radical (unpaired) electrons. The second kappa shape index (κ2) is 6.04. The van der Waals surface area contributed by atoms with E-state index in [0.717, 1.165) is 37.8 Å². The minimum absolute atomic E-state index is 0.360. The highest BCUT2D eigenvalue weighted by atomic mass is 32.2. The highest BCUT2D eigenvalue weighted by Gasteiger charge is 2.30. The smallest absolute Gasteiger partial charge is 0.158 e. The standard InChI is InChI=1S/C20H21NOS/c1-2-21-19(13-11-15-7-5-9-17(15)22)23-18-12-10-14-6-3-4-8-16(14)20(18)21/h3-4,6,8,10-12,19H,2,5,7,9,13H2,1H3. The number of Topliss-reactive ketones (excluding diaryl/α,β-unsaturated/α-hetero) is 1. The lowest BCUT2D eigenvalue weighted by molar-refractivity contribution is -0.114. The topological polar surface area (TPSA) is 20.3 Å². The number of hydrogen-bond acceptors (Lipinski definition) is 3. The van der Waals surface area contributed by atoms with Crippen LogP contribution in [0.3, 0.4) is 0 Å². The quantitative estimate of drug-likeness (QED) is 0.727. The van der Waals surface area contributed by atoms with Gasteiger partial charge in [-0.05, 0) is 43.2 Å². The van der Waals surface area contributed by atoms with Crippen molar-refractivity contribution in [2.75, 3.05) is 11.4 Å². The van der Waals surface area contributed by atoms with Crippen molar-refractivity contribution in [3.63, 3.8) is 0 Å². The van der Waals surface area contributed by atoms with Crippen LogP contribution in [0, 0.1) is 0 Å². The van der Waals surface area contributed by atoms with Gasteiger partial charge in [-0.2, -0.15) is 0 Å². The normalized spacial score (nSPS) is 22.3. The molecule has 1 heterocycles. The van der Waals surface area contributed by atoms with Gasteiger partial charge in [-0.3, -0.25) is 4.79 Å². The Bertz CT molecular complexity index is 795. The molecule has 4 rings (SSSR count). The molecule has 2 aliphatic rings. The van der Waals surface area contributed by atoms with Crippen molar-refractivity contribution < 1.29 is 4.79 Å². The molecular formula is C20H21NOS. The van der Waals surface area contributed by atoms with Crippen molar-refractivity contribution in [2.45, 2.75) is 42.9 Å². The Kier molecular flexibility index (Phi) is 3.90. The van der Waals surface area contributed by atoms with Crippen molar-refractivity contribution in [3.05, 3.63) is 48.0 Å². The van der Waals surface area contributed by atoms with E-state index in [2.05, 4.69) is 54.3 Å². The zero-order valence-electron chi connectivity index (χ0n) is 13.4. The van der Waals surface area contributed by atoms with E-state index in [-0.39, 0.29) is 0 Å². The number of rotatable bonds is 3. The van der Waals surface area contributed by atoms with Gasteiger partial charge in [0.2, 0.25) is 0 Å². The zero-order valence-corrected chi connectivity index (χ0v) is 14.2. The zero-order chi connectivity index (χ0) is 15.8. The summed E-state index contributed by atoms with van der Waals surface area (Å²) in [6, 6.07) is 13.1. The summed E-state index contributed by atoms with van der Waals surface area (Å²) >= 11 is 1.94. The molecule has 1 aliphatic carbocycles. The van der Waals surface area contributed by atoms with Gasteiger partial charge in [-0.1, -0.05) is 48.2 Å². The average Bonchev–Trinajstić information content (AvgIpc) is 3.15. The minimum Gasteiger partial charge on any atom is -0.358 e. The molecule has 0 saturated heterocycles. The summed E-state index contributed by atoms with van der Waals surface area (Å²) in [5.74, 6) is 0.360. The molecule has 1 saturated carbocycles. The number of nitrogens with zero attached hydrogens (tertiary/aromatic N) is 1. The van der Waals surface area contributed by atoms with Gasteiger partial charge in [0.05, 0.1) is 11.1 Å². The maximum absolute atomic E-state index is 11.8. The van der Waals surface area contributed by atoms with E-state index in [0.29, 0.717) is 11.2 Å². The Morgan fingerprint density at radius 1 is 1.22 bits per heavy atom. The third-order valence-corrected chi connectivity index (χ3v) is 6.18. The first-order chi connectivity index (χ1) is 11.3. The average molecular weight is 323 g/mol. The molecule has 23 heavy (non-hydrogen) atoms. The Balaban J connectivity index is 1.66. The molecule has 0 spiro atoms. The van der Waals surface area contributed by atoms with Gasteiger partial charge in [0.1, 0.15) is 0 Å². The molecule has 0 aromatic heterocycles. The van der Waals surface area contributed by atoms with Gasteiger partial charge in [0.15, 0.2) is 5.78 Å². The Morgan fingerprint density at radius 3 is 2.87 bits per heavy atom.